The molecule has 1 N–H and O–H groups in total. The molecule has 0 aromatic rings. The molecule has 39 valence electrons. The zero-order valence-electron chi connectivity index (χ0n) is 4.61. The van der Waals surface area contributed by atoms with Crippen LogP contribution in [0.3, 0.4) is 0 Å². The second-order valence-electron chi connectivity index (χ2n) is 2.22. The van der Waals surface area contributed by atoms with Crippen molar-refractivity contribution in [2.75, 3.05) is 13.1 Å². The van der Waals surface area contributed by atoms with Crippen LogP contribution in [0.5, 0.6) is 0 Å². The van der Waals surface area contributed by atoms with E-state index in [1.807, 2.05) is 0 Å². The van der Waals surface area contributed by atoms with Gasteiger partial charge in [-0.15, -0.1) is 0 Å². The highest BCUT2D eigenvalue weighted by atomic mass is 15.0. The van der Waals surface area contributed by atoms with Crippen LogP contribution in [-0.4, -0.2) is 21.1 Å². The van der Waals surface area contributed by atoms with E-state index in [-0.39, 0.29) is 0 Å². The summed E-state index contributed by atoms with van der Waals surface area (Å²) in [5, 5.41) is 0. The molecule has 0 atom stereocenters. The van der Waals surface area contributed by atoms with Crippen LogP contribution in [0, 0.1) is 0 Å². The quantitative estimate of drug-likeness (QED) is 0.374. The molecule has 1 heterocycles. The number of rotatable bonds is 0. The molecule has 0 bridgehead atoms. The summed E-state index contributed by atoms with van der Waals surface area (Å²) < 4.78 is 0. The van der Waals surface area contributed by atoms with E-state index in [1.165, 1.54) is 37.2 Å². The van der Waals surface area contributed by atoms with Crippen molar-refractivity contribution >= 4 is 7.98 Å². The van der Waals surface area contributed by atoms with Crippen molar-refractivity contribution in [1.82, 2.24) is 0 Å². The van der Waals surface area contributed by atoms with Crippen LogP contribution in [0.1, 0.15) is 19.3 Å². The zero-order valence-corrected chi connectivity index (χ0v) is 4.61. The average molecular weight is 96.0 g/mol. The van der Waals surface area contributed by atoms with Crippen molar-refractivity contribution in [3.63, 3.8) is 0 Å². The first kappa shape index (κ1) is 5.17. The molecule has 0 unspecified atom stereocenters. The van der Waals surface area contributed by atoms with Crippen molar-refractivity contribution in [1.29, 1.82) is 0 Å². The van der Waals surface area contributed by atoms with Crippen LogP contribution in [0.4, 0.5) is 0 Å². The minimum atomic E-state index is 1.18. The first-order chi connectivity index (χ1) is 3.39. The molecule has 0 saturated carbocycles. The molecule has 1 nitrogen and oxygen atoms in total. The fourth-order valence-electron chi connectivity index (χ4n) is 1.01. The Morgan fingerprint density at radius 2 is 1.57 bits per heavy atom. The van der Waals surface area contributed by atoms with E-state index in [9.17, 15) is 0 Å². The van der Waals surface area contributed by atoms with Crippen molar-refractivity contribution in [3.05, 3.63) is 0 Å². The number of piperidine rings is 1. The van der Waals surface area contributed by atoms with Gasteiger partial charge in [-0.2, -0.15) is 0 Å². The number of nitrogens with one attached hydrogen (secondary N) is 1. The van der Waals surface area contributed by atoms with E-state index >= 15 is 0 Å². The molecule has 0 aliphatic carbocycles. The van der Waals surface area contributed by atoms with Gasteiger partial charge in [-0.05, 0) is 19.3 Å². The van der Waals surface area contributed by atoms with Crippen LogP contribution in [0.2, 0.25) is 0 Å². The van der Waals surface area contributed by atoms with Gasteiger partial charge in [-0.25, -0.2) is 7.98 Å². The lowest BCUT2D eigenvalue weighted by atomic mass is 10.1. The third-order valence-electron chi connectivity index (χ3n) is 1.50. The lowest BCUT2D eigenvalue weighted by Crippen LogP contribution is -3.11. The molecule has 1 rings (SSSR count). The first-order valence-corrected chi connectivity index (χ1v) is 3.00. The maximum absolute atomic E-state index is 5.55. The largest absolute Gasteiger partial charge is 0.598 e. The smallest absolute Gasteiger partial charge is 0.0307 e. The summed E-state index contributed by atoms with van der Waals surface area (Å²) in [6, 6.07) is 0. The second kappa shape index (κ2) is 2.36. The Labute approximate surface area is 46.1 Å². The molecular weight excluding hydrogens is 84.9 g/mol. The average Bonchev–Trinajstić information content (AvgIpc) is 1.69. The van der Waals surface area contributed by atoms with Crippen LogP contribution >= 0.6 is 0 Å². The summed E-state index contributed by atoms with van der Waals surface area (Å²) in [5.74, 6) is 0. The van der Waals surface area contributed by atoms with Gasteiger partial charge in [-0.3, -0.25) is 0 Å². The predicted octanol–water partition coefficient (Wildman–Crippen LogP) is -0.861. The zero-order chi connectivity index (χ0) is 5.11. The summed E-state index contributed by atoms with van der Waals surface area (Å²) >= 11 is 0. The molecule has 1 fully saturated rings. The summed E-state index contributed by atoms with van der Waals surface area (Å²) in [4.78, 5) is 1.21. The SMILES string of the molecule is [B-][NH+]1CCCCC1. The molecule has 7 heavy (non-hydrogen) atoms. The number of quaternary nitrogens is 1. The molecule has 1 saturated heterocycles. The van der Waals surface area contributed by atoms with Gasteiger partial charge in [0.1, 0.15) is 0 Å². The highest BCUT2D eigenvalue weighted by Gasteiger charge is 1.98. The van der Waals surface area contributed by atoms with Crippen LogP contribution in [0.25, 0.3) is 0 Å². The van der Waals surface area contributed by atoms with Gasteiger partial charge in [0.05, 0.1) is 0 Å². The van der Waals surface area contributed by atoms with Gasteiger partial charge in [-0.1, -0.05) is 0 Å². The highest BCUT2D eigenvalue weighted by Crippen LogP contribution is 1.92. The van der Waals surface area contributed by atoms with Crippen molar-refractivity contribution < 1.29 is 4.81 Å². The Kier molecular flexibility index (Phi) is 1.74. The lowest BCUT2D eigenvalue weighted by molar-refractivity contribution is -0.784. The summed E-state index contributed by atoms with van der Waals surface area (Å²) in [6.07, 6.45) is 4.04. The monoisotopic (exact) mass is 96.1 g/mol. The van der Waals surface area contributed by atoms with Crippen molar-refractivity contribution in [2.24, 2.45) is 0 Å². The fourth-order valence-corrected chi connectivity index (χ4v) is 1.01. The number of hydrogen-bond donors (Lipinski definition) is 1. The van der Waals surface area contributed by atoms with E-state index < -0.39 is 0 Å². The second-order valence-corrected chi connectivity index (χ2v) is 2.22. The first-order valence-electron chi connectivity index (χ1n) is 3.00. The molecule has 0 spiro atoms. The third kappa shape index (κ3) is 1.52. The van der Waals surface area contributed by atoms with E-state index in [1.54, 1.807) is 0 Å². The summed E-state index contributed by atoms with van der Waals surface area (Å²) in [6.45, 7) is 2.36. The molecular formula is C5H11BN. The summed E-state index contributed by atoms with van der Waals surface area (Å²) in [5.41, 5.74) is 0. The fraction of sp³-hybridized carbons (Fsp3) is 1.00. The minimum Gasteiger partial charge on any atom is -0.598 e. The van der Waals surface area contributed by atoms with Crippen molar-refractivity contribution in [3.8, 4) is 0 Å². The van der Waals surface area contributed by atoms with E-state index in [0.29, 0.717) is 0 Å². The number of hydrogen-bond acceptors (Lipinski definition) is 0. The Hall–Kier alpha value is 0.0249. The summed E-state index contributed by atoms with van der Waals surface area (Å²) in [7, 11) is 5.55. The highest BCUT2D eigenvalue weighted by molar-refractivity contribution is 5.95. The van der Waals surface area contributed by atoms with Crippen molar-refractivity contribution in [2.45, 2.75) is 19.3 Å². The maximum Gasteiger partial charge on any atom is 0.0307 e. The van der Waals surface area contributed by atoms with E-state index in [2.05, 4.69) is 0 Å². The Balaban J connectivity index is 2.12. The maximum atomic E-state index is 5.55. The third-order valence-corrected chi connectivity index (χ3v) is 1.50. The molecule has 0 aromatic heterocycles. The molecule has 0 amide bonds. The van der Waals surface area contributed by atoms with Gasteiger partial charge in [0.2, 0.25) is 0 Å². The topological polar surface area (TPSA) is 4.44 Å². The minimum absolute atomic E-state index is 1.18. The van der Waals surface area contributed by atoms with Gasteiger partial charge in [0.15, 0.2) is 0 Å². The lowest BCUT2D eigenvalue weighted by Gasteiger charge is -2.30. The van der Waals surface area contributed by atoms with Gasteiger partial charge < -0.3 is 4.81 Å². The predicted molar refractivity (Wildman–Crippen MR) is 30.3 cm³/mol. The Morgan fingerprint density at radius 1 is 1.00 bits per heavy atom. The van der Waals surface area contributed by atoms with Gasteiger partial charge in [0, 0.05) is 13.1 Å². The van der Waals surface area contributed by atoms with Gasteiger partial charge in [0.25, 0.3) is 0 Å². The van der Waals surface area contributed by atoms with Gasteiger partial charge >= 0.3 is 0 Å². The van der Waals surface area contributed by atoms with Crippen LogP contribution in [-0.2, 0) is 0 Å². The molecule has 2 heteroatoms. The van der Waals surface area contributed by atoms with E-state index in [0.717, 1.165) is 0 Å². The van der Waals surface area contributed by atoms with E-state index in [4.69, 9.17) is 7.98 Å². The molecule has 1 aliphatic rings. The normalized spacial score (nSPS) is 25.3. The molecule has 1 aliphatic heterocycles. The van der Waals surface area contributed by atoms with Crippen LogP contribution < -0.4 is 4.81 Å². The molecule has 0 aromatic carbocycles. The van der Waals surface area contributed by atoms with Crippen LogP contribution in [0.15, 0.2) is 0 Å². The Bertz CT molecular complexity index is 50.0. The standard InChI is InChI=1S/C5H11BN/c6-7-4-2-1-3-5-7/h7H,1-5H2. The molecule has 3 radical (unpaired) electrons. The Morgan fingerprint density at radius 3 is 1.86 bits per heavy atom.